The second-order valence-corrected chi connectivity index (χ2v) is 7.87. The Kier molecular flexibility index (Phi) is 5.36. The Morgan fingerprint density at radius 2 is 1.15 bits per heavy atom. The third-order valence-corrected chi connectivity index (χ3v) is 5.35. The summed E-state index contributed by atoms with van der Waals surface area (Å²) in [6.45, 7) is 8.57. The molecule has 0 radical (unpaired) electrons. The van der Waals surface area contributed by atoms with Gasteiger partial charge in [0, 0.05) is 11.8 Å². The van der Waals surface area contributed by atoms with E-state index < -0.39 is 18.0 Å². The van der Waals surface area contributed by atoms with Crippen molar-refractivity contribution in [1.82, 2.24) is 0 Å². The molecule has 0 spiro atoms. The quantitative estimate of drug-likeness (QED) is 0.609. The van der Waals surface area contributed by atoms with Crippen molar-refractivity contribution in [2.45, 2.75) is 57.5 Å². The fraction of sp³-hybridized carbons (Fsp3) is 0.391. The average molecular weight is 366 g/mol. The molecule has 2 atom stereocenters. The Bertz CT molecular complexity index is 761. The second kappa shape index (κ2) is 7.55. The van der Waals surface area contributed by atoms with Crippen molar-refractivity contribution in [1.29, 1.82) is 0 Å². The fourth-order valence-electron chi connectivity index (χ4n) is 3.60. The average Bonchev–Trinajstić information content (AvgIpc) is 3.35. The van der Waals surface area contributed by atoms with Gasteiger partial charge in [0.2, 0.25) is 0 Å². The lowest BCUT2D eigenvalue weighted by atomic mass is 9.97. The summed E-state index contributed by atoms with van der Waals surface area (Å²) in [6.07, 6.45) is -0.441. The van der Waals surface area contributed by atoms with Crippen LogP contribution in [0.2, 0.25) is 0 Å². The molecule has 2 aromatic carbocycles. The molecule has 4 nitrogen and oxygen atoms in total. The maximum Gasteiger partial charge on any atom is 0.417 e. The van der Waals surface area contributed by atoms with Crippen molar-refractivity contribution in [2.24, 2.45) is 0 Å². The monoisotopic (exact) mass is 366 g/mol. The highest BCUT2D eigenvalue weighted by atomic mass is 16.6. The van der Waals surface area contributed by atoms with E-state index in [0.717, 1.165) is 11.1 Å². The van der Waals surface area contributed by atoms with Gasteiger partial charge in [-0.05, 0) is 34.1 Å². The van der Waals surface area contributed by atoms with Gasteiger partial charge in [-0.1, -0.05) is 76.2 Å². The van der Waals surface area contributed by atoms with E-state index in [0.29, 0.717) is 11.8 Å². The van der Waals surface area contributed by atoms with Crippen LogP contribution >= 0.6 is 0 Å². The SMILES string of the molecule is CC(C)c1ccc(C2C(OC(=O)C(=O)O)C2c2ccc(C(C)C)cc2)cc1. The number of carboxylic acid groups (broad SMARTS) is 1. The van der Waals surface area contributed by atoms with E-state index in [1.54, 1.807) is 0 Å². The molecule has 0 amide bonds. The topological polar surface area (TPSA) is 63.6 Å². The number of benzene rings is 2. The number of hydrogen-bond acceptors (Lipinski definition) is 3. The summed E-state index contributed by atoms with van der Waals surface area (Å²) in [7, 11) is 0. The van der Waals surface area contributed by atoms with Crippen LogP contribution in [0.1, 0.15) is 73.6 Å². The normalized spacial score (nSPS) is 21.3. The van der Waals surface area contributed by atoms with Gasteiger partial charge < -0.3 is 9.84 Å². The molecule has 2 unspecified atom stereocenters. The Labute approximate surface area is 160 Å². The Morgan fingerprint density at radius 1 is 0.778 bits per heavy atom. The maximum atomic E-state index is 11.6. The first-order valence-electron chi connectivity index (χ1n) is 9.43. The standard InChI is InChI=1S/C23H26O4/c1-13(2)15-5-9-17(10-6-15)19-20(21(19)27-23(26)22(24)25)18-11-7-16(8-12-18)14(3)4/h5-14,19-21H,1-4H3,(H,24,25). The highest BCUT2D eigenvalue weighted by Crippen LogP contribution is 2.57. The Balaban J connectivity index is 1.86. The van der Waals surface area contributed by atoms with E-state index in [1.165, 1.54) is 11.1 Å². The number of esters is 1. The van der Waals surface area contributed by atoms with E-state index in [1.807, 2.05) is 0 Å². The predicted molar refractivity (Wildman–Crippen MR) is 104 cm³/mol. The minimum absolute atomic E-state index is 0.0144. The summed E-state index contributed by atoms with van der Waals surface area (Å²) in [5, 5.41) is 8.89. The first kappa shape index (κ1) is 19.2. The third-order valence-electron chi connectivity index (χ3n) is 5.35. The molecule has 0 aliphatic heterocycles. The zero-order valence-electron chi connectivity index (χ0n) is 16.2. The van der Waals surface area contributed by atoms with Crippen LogP contribution in [0.3, 0.4) is 0 Å². The smallest absolute Gasteiger partial charge is 0.417 e. The van der Waals surface area contributed by atoms with E-state index in [4.69, 9.17) is 9.84 Å². The minimum atomic E-state index is -1.55. The van der Waals surface area contributed by atoms with Gasteiger partial charge in [-0.3, -0.25) is 0 Å². The summed E-state index contributed by atoms with van der Waals surface area (Å²) in [4.78, 5) is 22.5. The van der Waals surface area contributed by atoms with E-state index in [-0.39, 0.29) is 11.8 Å². The molecule has 27 heavy (non-hydrogen) atoms. The van der Waals surface area contributed by atoms with Crippen molar-refractivity contribution < 1.29 is 19.4 Å². The number of hydrogen-bond donors (Lipinski definition) is 1. The number of carbonyl (C=O) groups excluding carboxylic acids is 1. The highest BCUT2D eigenvalue weighted by Gasteiger charge is 2.55. The lowest BCUT2D eigenvalue weighted by Crippen LogP contribution is -2.18. The van der Waals surface area contributed by atoms with Crippen molar-refractivity contribution >= 4 is 11.9 Å². The van der Waals surface area contributed by atoms with Crippen LogP contribution in [0.15, 0.2) is 48.5 Å². The Hall–Kier alpha value is -2.62. The number of aliphatic carboxylic acids is 1. The highest BCUT2D eigenvalue weighted by molar-refractivity contribution is 6.28. The van der Waals surface area contributed by atoms with Gasteiger partial charge in [0.05, 0.1) is 0 Å². The van der Waals surface area contributed by atoms with E-state index >= 15 is 0 Å². The molecule has 1 saturated carbocycles. The number of carboxylic acids is 1. The van der Waals surface area contributed by atoms with Crippen LogP contribution in [-0.4, -0.2) is 23.1 Å². The fourth-order valence-corrected chi connectivity index (χ4v) is 3.60. The molecule has 3 rings (SSSR count). The first-order chi connectivity index (χ1) is 12.8. The van der Waals surface area contributed by atoms with Crippen molar-refractivity contribution in [3.63, 3.8) is 0 Å². The van der Waals surface area contributed by atoms with E-state index in [2.05, 4.69) is 76.2 Å². The molecule has 2 aromatic rings. The molecule has 1 aliphatic carbocycles. The molecule has 0 aromatic heterocycles. The molecular formula is C23H26O4. The summed E-state index contributed by atoms with van der Waals surface area (Å²) in [5.41, 5.74) is 4.63. The van der Waals surface area contributed by atoms with Crippen LogP contribution < -0.4 is 0 Å². The molecule has 1 fully saturated rings. The zero-order valence-corrected chi connectivity index (χ0v) is 16.2. The molecule has 142 valence electrons. The van der Waals surface area contributed by atoms with Crippen molar-refractivity contribution in [3.05, 3.63) is 70.8 Å². The summed E-state index contributed by atoms with van der Waals surface area (Å²) < 4.78 is 5.27. The number of ether oxygens (including phenoxy) is 1. The number of rotatable bonds is 5. The lowest BCUT2D eigenvalue weighted by molar-refractivity contribution is -0.164. The lowest BCUT2D eigenvalue weighted by Gasteiger charge is -2.07. The van der Waals surface area contributed by atoms with Crippen molar-refractivity contribution in [3.8, 4) is 0 Å². The van der Waals surface area contributed by atoms with Crippen LogP contribution in [0.5, 0.6) is 0 Å². The van der Waals surface area contributed by atoms with Gasteiger partial charge in [0.15, 0.2) is 0 Å². The van der Waals surface area contributed by atoms with Gasteiger partial charge in [-0.15, -0.1) is 0 Å². The zero-order chi connectivity index (χ0) is 19.7. The maximum absolute atomic E-state index is 11.6. The molecule has 1 N–H and O–H groups in total. The Morgan fingerprint density at radius 3 is 1.44 bits per heavy atom. The van der Waals surface area contributed by atoms with Crippen LogP contribution in [0.25, 0.3) is 0 Å². The van der Waals surface area contributed by atoms with Crippen LogP contribution in [0, 0.1) is 0 Å². The molecule has 0 saturated heterocycles. The van der Waals surface area contributed by atoms with Gasteiger partial charge in [-0.2, -0.15) is 0 Å². The van der Waals surface area contributed by atoms with Gasteiger partial charge in [0.25, 0.3) is 0 Å². The predicted octanol–water partition coefficient (Wildman–Crippen LogP) is 4.81. The van der Waals surface area contributed by atoms with Crippen molar-refractivity contribution in [2.75, 3.05) is 0 Å². The van der Waals surface area contributed by atoms with Gasteiger partial charge in [0.1, 0.15) is 6.10 Å². The molecule has 1 aliphatic rings. The largest absolute Gasteiger partial charge is 0.473 e. The number of carbonyl (C=O) groups is 2. The molecular weight excluding hydrogens is 340 g/mol. The van der Waals surface area contributed by atoms with E-state index in [9.17, 15) is 9.59 Å². The van der Waals surface area contributed by atoms with Gasteiger partial charge >= 0.3 is 11.9 Å². The second-order valence-electron chi connectivity index (χ2n) is 7.87. The molecule has 0 bridgehead atoms. The summed E-state index contributed by atoms with van der Waals surface area (Å²) in [5.74, 6) is -1.88. The summed E-state index contributed by atoms with van der Waals surface area (Å²) >= 11 is 0. The summed E-state index contributed by atoms with van der Waals surface area (Å²) in [6, 6.07) is 16.6. The van der Waals surface area contributed by atoms with Crippen LogP contribution in [0.4, 0.5) is 0 Å². The van der Waals surface area contributed by atoms with Crippen LogP contribution in [-0.2, 0) is 14.3 Å². The first-order valence-corrected chi connectivity index (χ1v) is 9.43. The molecule has 4 heteroatoms. The molecule has 0 heterocycles. The third kappa shape index (κ3) is 4.05. The van der Waals surface area contributed by atoms with Gasteiger partial charge in [-0.25, -0.2) is 9.59 Å². The minimum Gasteiger partial charge on any atom is -0.473 e.